The van der Waals surface area contributed by atoms with Crippen LogP contribution in [0.1, 0.15) is 42.4 Å². The maximum Gasteiger partial charge on any atom is 0.290 e. The SMILES string of the molecule is COc1ccc(CN(C(=O)C2=C(c3ccc(CCCOc4c(F)ccc(F)c4F)cc3)CCNC2)C2CC2)cc1OC.O=CO. The van der Waals surface area contributed by atoms with Gasteiger partial charge < -0.3 is 29.5 Å². The quantitative estimate of drug-likeness (QED) is 0.150. The standard InChI is InChI=1S/C33H35F3N2O4.CH2O2/c1-40-29-14-7-22(18-30(29)41-2)20-38(24-10-11-24)33(39)26-19-37-16-15-25(26)23-8-5-21(6-9-23)4-3-17-42-32-28(35)13-12-27(34)31(32)36;2-1-3/h5-9,12-14,18,24,37H,3-4,10-11,15-17,19-20H2,1-2H3;1H,(H,2,3). The largest absolute Gasteiger partial charge is 0.493 e. The molecular formula is C34H37F3N2O6. The Kier molecular flexibility index (Phi) is 11.9. The van der Waals surface area contributed by atoms with Gasteiger partial charge in [0.25, 0.3) is 12.4 Å². The number of aryl methyl sites for hydroxylation is 1. The van der Waals surface area contributed by atoms with Crippen molar-refractivity contribution in [3.05, 3.63) is 94.3 Å². The number of carbonyl (C=O) groups is 2. The number of halogens is 3. The Morgan fingerprint density at radius 1 is 0.978 bits per heavy atom. The molecule has 3 aromatic carbocycles. The van der Waals surface area contributed by atoms with E-state index >= 15 is 0 Å². The second-order valence-electron chi connectivity index (χ2n) is 10.7. The predicted octanol–water partition coefficient (Wildman–Crippen LogP) is 5.77. The van der Waals surface area contributed by atoms with E-state index < -0.39 is 23.2 Å². The van der Waals surface area contributed by atoms with Crippen LogP contribution in [0.2, 0.25) is 0 Å². The Labute approximate surface area is 260 Å². The molecule has 0 unspecified atom stereocenters. The number of carboxylic acid groups (broad SMARTS) is 1. The first-order chi connectivity index (χ1) is 21.8. The molecule has 1 aliphatic heterocycles. The lowest BCUT2D eigenvalue weighted by atomic mass is 9.92. The van der Waals surface area contributed by atoms with Gasteiger partial charge in [0, 0.05) is 24.7 Å². The minimum Gasteiger partial charge on any atom is -0.493 e. The normalized spacial score (nSPS) is 14.2. The highest BCUT2D eigenvalue weighted by Gasteiger charge is 2.35. The number of hydrogen-bond acceptors (Lipinski definition) is 6. The predicted molar refractivity (Wildman–Crippen MR) is 163 cm³/mol. The van der Waals surface area contributed by atoms with E-state index in [2.05, 4.69) is 5.32 Å². The second kappa shape index (κ2) is 16.0. The Morgan fingerprint density at radius 2 is 1.64 bits per heavy atom. The summed E-state index contributed by atoms with van der Waals surface area (Å²) in [7, 11) is 3.20. The Hall–Kier alpha value is -4.51. The van der Waals surface area contributed by atoms with E-state index in [1.807, 2.05) is 47.4 Å². The summed E-state index contributed by atoms with van der Waals surface area (Å²) in [5.74, 6) is -2.74. The zero-order chi connectivity index (χ0) is 32.3. The fourth-order valence-electron chi connectivity index (χ4n) is 5.27. The zero-order valence-electron chi connectivity index (χ0n) is 25.3. The number of rotatable bonds is 12. The highest BCUT2D eigenvalue weighted by atomic mass is 19.2. The van der Waals surface area contributed by atoms with Crippen molar-refractivity contribution in [2.75, 3.05) is 33.9 Å². The molecule has 3 aromatic rings. The lowest BCUT2D eigenvalue weighted by Crippen LogP contribution is -2.39. The highest BCUT2D eigenvalue weighted by molar-refractivity contribution is 6.02. The third-order valence-corrected chi connectivity index (χ3v) is 7.69. The van der Waals surface area contributed by atoms with Gasteiger partial charge in [0.1, 0.15) is 0 Å². The van der Waals surface area contributed by atoms with Crippen LogP contribution >= 0.6 is 0 Å². The zero-order valence-corrected chi connectivity index (χ0v) is 25.3. The van der Waals surface area contributed by atoms with Gasteiger partial charge in [-0.05, 0) is 85.2 Å². The summed E-state index contributed by atoms with van der Waals surface area (Å²) >= 11 is 0. The molecule has 1 saturated carbocycles. The summed E-state index contributed by atoms with van der Waals surface area (Å²) < 4.78 is 57.0. The van der Waals surface area contributed by atoms with Crippen molar-refractivity contribution in [3.63, 3.8) is 0 Å². The number of ether oxygens (including phenoxy) is 3. The van der Waals surface area contributed by atoms with Crippen molar-refractivity contribution in [2.24, 2.45) is 0 Å². The van der Waals surface area contributed by atoms with E-state index in [0.717, 1.165) is 65.8 Å². The molecule has 0 radical (unpaired) electrons. The lowest BCUT2D eigenvalue weighted by molar-refractivity contribution is -0.128. The highest BCUT2D eigenvalue weighted by Crippen LogP contribution is 2.35. The van der Waals surface area contributed by atoms with Crippen molar-refractivity contribution >= 4 is 18.0 Å². The first kappa shape index (κ1) is 33.4. The molecule has 2 aliphatic rings. The number of nitrogens with one attached hydrogen (secondary N) is 1. The molecule has 2 N–H and O–H groups in total. The summed E-state index contributed by atoms with van der Waals surface area (Å²) in [6.07, 6.45) is 3.84. The van der Waals surface area contributed by atoms with Gasteiger partial charge in [0.05, 0.1) is 20.8 Å². The molecule has 1 aliphatic carbocycles. The lowest BCUT2D eigenvalue weighted by Gasteiger charge is -2.28. The van der Waals surface area contributed by atoms with E-state index in [1.54, 1.807) is 14.2 Å². The van der Waals surface area contributed by atoms with Gasteiger partial charge in [-0.25, -0.2) is 8.78 Å². The number of methoxy groups -OCH3 is 2. The van der Waals surface area contributed by atoms with E-state index in [4.69, 9.17) is 24.1 Å². The number of nitrogens with zero attached hydrogens (tertiary/aromatic N) is 1. The van der Waals surface area contributed by atoms with Crippen LogP contribution in [-0.4, -0.2) is 62.3 Å². The van der Waals surface area contributed by atoms with E-state index in [1.165, 1.54) is 0 Å². The molecule has 0 saturated heterocycles. The van der Waals surface area contributed by atoms with Crippen LogP contribution in [-0.2, 0) is 22.6 Å². The average molecular weight is 627 g/mol. The molecule has 1 fully saturated rings. The molecule has 45 heavy (non-hydrogen) atoms. The molecule has 5 rings (SSSR count). The Balaban J connectivity index is 0.00000148. The molecule has 0 atom stereocenters. The van der Waals surface area contributed by atoms with Gasteiger partial charge in [0.15, 0.2) is 28.9 Å². The number of benzene rings is 3. The Bertz CT molecular complexity index is 1510. The smallest absolute Gasteiger partial charge is 0.290 e. The minimum absolute atomic E-state index is 0.0472. The topological polar surface area (TPSA) is 97.3 Å². The number of hydrogen-bond donors (Lipinski definition) is 2. The molecule has 240 valence electrons. The van der Waals surface area contributed by atoms with Crippen molar-refractivity contribution in [3.8, 4) is 17.2 Å². The third kappa shape index (κ3) is 8.57. The molecule has 11 heteroatoms. The van der Waals surface area contributed by atoms with Crippen molar-refractivity contribution in [1.29, 1.82) is 0 Å². The van der Waals surface area contributed by atoms with Crippen LogP contribution in [0.3, 0.4) is 0 Å². The first-order valence-corrected chi connectivity index (χ1v) is 14.7. The molecule has 0 aromatic heterocycles. The van der Waals surface area contributed by atoms with Crippen LogP contribution in [0.15, 0.2) is 60.2 Å². The van der Waals surface area contributed by atoms with Crippen LogP contribution in [0, 0.1) is 17.5 Å². The van der Waals surface area contributed by atoms with Crippen molar-refractivity contribution < 1.29 is 42.1 Å². The summed E-state index contributed by atoms with van der Waals surface area (Å²) in [5, 5.41) is 10.3. The van der Waals surface area contributed by atoms with E-state index in [9.17, 15) is 18.0 Å². The van der Waals surface area contributed by atoms with E-state index in [-0.39, 0.29) is 25.0 Å². The maximum absolute atomic E-state index is 14.0. The van der Waals surface area contributed by atoms with Gasteiger partial charge in [-0.2, -0.15) is 4.39 Å². The minimum atomic E-state index is -1.32. The van der Waals surface area contributed by atoms with Crippen LogP contribution in [0.4, 0.5) is 13.2 Å². The van der Waals surface area contributed by atoms with Crippen LogP contribution < -0.4 is 19.5 Å². The summed E-state index contributed by atoms with van der Waals surface area (Å²) in [4.78, 5) is 24.3. The summed E-state index contributed by atoms with van der Waals surface area (Å²) in [6, 6.07) is 15.6. The van der Waals surface area contributed by atoms with Crippen molar-refractivity contribution in [1.82, 2.24) is 10.2 Å². The molecule has 1 amide bonds. The molecule has 8 nitrogen and oxygen atoms in total. The van der Waals surface area contributed by atoms with E-state index in [0.29, 0.717) is 37.4 Å². The van der Waals surface area contributed by atoms with Gasteiger partial charge in [0.2, 0.25) is 5.82 Å². The van der Waals surface area contributed by atoms with Gasteiger partial charge in [-0.3, -0.25) is 9.59 Å². The molecular weight excluding hydrogens is 589 g/mol. The maximum atomic E-state index is 14.0. The molecule has 0 spiro atoms. The second-order valence-corrected chi connectivity index (χ2v) is 10.7. The van der Waals surface area contributed by atoms with Gasteiger partial charge in [-0.15, -0.1) is 0 Å². The first-order valence-electron chi connectivity index (χ1n) is 14.7. The fraction of sp³-hybridized carbons (Fsp3) is 0.353. The fourth-order valence-corrected chi connectivity index (χ4v) is 5.27. The van der Waals surface area contributed by atoms with Gasteiger partial charge in [-0.1, -0.05) is 30.3 Å². The Morgan fingerprint density at radius 3 is 2.31 bits per heavy atom. The number of carbonyl (C=O) groups excluding carboxylic acids is 1. The number of amides is 1. The van der Waals surface area contributed by atoms with Crippen LogP contribution in [0.5, 0.6) is 17.2 Å². The van der Waals surface area contributed by atoms with Crippen LogP contribution in [0.25, 0.3) is 5.57 Å². The average Bonchev–Trinajstić information content (AvgIpc) is 3.91. The molecule has 1 heterocycles. The monoisotopic (exact) mass is 626 g/mol. The van der Waals surface area contributed by atoms with Gasteiger partial charge >= 0.3 is 0 Å². The van der Waals surface area contributed by atoms with Crippen molar-refractivity contribution in [2.45, 2.75) is 44.7 Å². The third-order valence-electron chi connectivity index (χ3n) is 7.69. The summed E-state index contributed by atoms with van der Waals surface area (Å²) in [6.45, 7) is 1.59. The molecule has 0 bridgehead atoms. The summed E-state index contributed by atoms with van der Waals surface area (Å²) in [5.41, 5.74) is 4.84.